The summed E-state index contributed by atoms with van der Waals surface area (Å²) in [7, 11) is 0. The second kappa shape index (κ2) is 6.81. The van der Waals surface area contributed by atoms with Gasteiger partial charge in [0.1, 0.15) is 24.6 Å². The number of nitrogens with zero attached hydrogens (tertiary/aromatic N) is 4. The number of aliphatic hydroxyl groups is 3. The first-order valence-corrected chi connectivity index (χ1v) is 7.70. The zero-order valence-electron chi connectivity index (χ0n) is 13.5. The number of hydrogen-bond donors (Lipinski definition) is 4. The topological polar surface area (TPSA) is 126 Å². The van der Waals surface area contributed by atoms with Crippen LogP contribution in [-0.4, -0.2) is 66.3 Å². The van der Waals surface area contributed by atoms with Gasteiger partial charge in [-0.1, -0.05) is 11.6 Å². The maximum Gasteiger partial charge on any atom is 0.167 e. The van der Waals surface area contributed by atoms with Gasteiger partial charge in [-0.2, -0.15) is 0 Å². The van der Waals surface area contributed by atoms with Crippen molar-refractivity contribution in [1.82, 2.24) is 19.5 Å². The highest BCUT2D eigenvalue weighted by molar-refractivity contribution is 5.82. The second-order valence-corrected chi connectivity index (χ2v) is 5.94. The first-order chi connectivity index (χ1) is 11.5. The van der Waals surface area contributed by atoms with E-state index in [9.17, 15) is 15.3 Å². The lowest BCUT2D eigenvalue weighted by Crippen LogP contribution is -2.33. The van der Waals surface area contributed by atoms with E-state index in [1.807, 2.05) is 19.9 Å². The van der Waals surface area contributed by atoms with Gasteiger partial charge in [0, 0.05) is 6.54 Å². The van der Waals surface area contributed by atoms with Crippen molar-refractivity contribution in [2.24, 2.45) is 0 Å². The van der Waals surface area contributed by atoms with Crippen molar-refractivity contribution < 1.29 is 20.1 Å². The molecule has 2 aromatic rings. The molecule has 9 heteroatoms. The fourth-order valence-corrected chi connectivity index (χ4v) is 2.63. The molecule has 1 aliphatic heterocycles. The molecule has 0 unspecified atom stereocenters. The van der Waals surface area contributed by atoms with Crippen molar-refractivity contribution in [3.05, 3.63) is 24.3 Å². The summed E-state index contributed by atoms with van der Waals surface area (Å²) in [6, 6.07) is 0. The number of rotatable bonds is 5. The van der Waals surface area contributed by atoms with Crippen LogP contribution in [0.2, 0.25) is 0 Å². The van der Waals surface area contributed by atoms with Gasteiger partial charge in [-0.25, -0.2) is 15.0 Å². The minimum atomic E-state index is -1.18. The zero-order valence-corrected chi connectivity index (χ0v) is 13.5. The predicted molar refractivity (Wildman–Crippen MR) is 86.3 cm³/mol. The molecule has 1 fully saturated rings. The van der Waals surface area contributed by atoms with Gasteiger partial charge in [0.05, 0.1) is 12.9 Å². The highest BCUT2D eigenvalue weighted by atomic mass is 16.6. The molecule has 4 atom stereocenters. The van der Waals surface area contributed by atoms with E-state index in [0.29, 0.717) is 23.5 Å². The molecule has 0 aliphatic carbocycles. The van der Waals surface area contributed by atoms with E-state index < -0.39 is 24.5 Å². The highest BCUT2D eigenvalue weighted by Gasteiger charge is 2.43. The zero-order chi connectivity index (χ0) is 17.3. The average molecular weight is 335 g/mol. The molecule has 0 saturated carbocycles. The molecule has 3 heterocycles. The van der Waals surface area contributed by atoms with Gasteiger partial charge in [0.25, 0.3) is 0 Å². The lowest BCUT2D eigenvalue weighted by Gasteiger charge is -2.16. The quantitative estimate of drug-likeness (QED) is 0.554. The van der Waals surface area contributed by atoms with E-state index in [1.165, 1.54) is 22.8 Å². The molecular formula is C15H21N5O4. The minimum Gasteiger partial charge on any atom is -0.394 e. The van der Waals surface area contributed by atoms with Gasteiger partial charge in [-0.3, -0.25) is 4.57 Å². The van der Waals surface area contributed by atoms with Crippen LogP contribution in [0.15, 0.2) is 24.3 Å². The van der Waals surface area contributed by atoms with Crippen molar-refractivity contribution in [3.63, 3.8) is 0 Å². The highest BCUT2D eigenvalue weighted by Crippen LogP contribution is 2.31. The number of nitrogens with one attached hydrogen (secondary N) is 1. The molecule has 0 radical (unpaired) electrons. The van der Waals surface area contributed by atoms with Crippen molar-refractivity contribution >= 4 is 17.0 Å². The van der Waals surface area contributed by atoms with E-state index in [4.69, 9.17) is 4.74 Å². The number of allylic oxidation sites excluding steroid dienone is 1. The maximum absolute atomic E-state index is 10.2. The van der Waals surface area contributed by atoms with E-state index in [-0.39, 0.29) is 6.61 Å². The molecule has 3 rings (SSSR count). The number of hydrogen-bond acceptors (Lipinski definition) is 8. The SMILES string of the molecule is CC(C)=CCNc1ncnc2c1ncn2[C@@H]1O[C@H](CO)[C@H](O)[C@H]1O. The molecular weight excluding hydrogens is 314 g/mol. The summed E-state index contributed by atoms with van der Waals surface area (Å²) in [5.41, 5.74) is 2.20. The van der Waals surface area contributed by atoms with E-state index in [2.05, 4.69) is 20.3 Å². The summed E-state index contributed by atoms with van der Waals surface area (Å²) in [5.74, 6) is 0.572. The van der Waals surface area contributed by atoms with Gasteiger partial charge in [-0.05, 0) is 13.8 Å². The summed E-state index contributed by atoms with van der Waals surface area (Å²) in [6.45, 7) is 4.24. The Labute approximate surface area is 138 Å². The lowest BCUT2D eigenvalue weighted by molar-refractivity contribution is -0.0511. The van der Waals surface area contributed by atoms with Crippen LogP contribution in [0.3, 0.4) is 0 Å². The second-order valence-electron chi connectivity index (χ2n) is 5.94. The molecule has 2 aromatic heterocycles. The van der Waals surface area contributed by atoms with Crippen LogP contribution in [0.25, 0.3) is 11.2 Å². The summed E-state index contributed by atoms with van der Waals surface area (Å²) >= 11 is 0. The van der Waals surface area contributed by atoms with E-state index >= 15 is 0 Å². The smallest absolute Gasteiger partial charge is 0.167 e. The fourth-order valence-electron chi connectivity index (χ4n) is 2.63. The molecule has 1 saturated heterocycles. The molecule has 0 aromatic carbocycles. The number of aliphatic hydroxyl groups excluding tert-OH is 3. The monoisotopic (exact) mass is 335 g/mol. The standard InChI is InChI=1S/C15H21N5O4/c1-8(2)3-4-16-13-10-14(18-6-17-13)20(7-19-10)15-12(23)11(22)9(5-21)24-15/h3,6-7,9,11-12,15,21-23H,4-5H2,1-2H3,(H,16,17,18)/t9-,11+,12-,15-/m1/s1. The third kappa shape index (κ3) is 2.98. The van der Waals surface area contributed by atoms with Crippen molar-refractivity contribution in [1.29, 1.82) is 0 Å². The summed E-state index contributed by atoms with van der Waals surface area (Å²) < 4.78 is 7.06. The number of imidazole rings is 1. The summed E-state index contributed by atoms with van der Waals surface area (Å²) in [6.07, 6.45) is 0.823. The predicted octanol–water partition coefficient (Wildman–Crippen LogP) is -0.184. The fraction of sp³-hybridized carbons (Fsp3) is 0.533. The minimum absolute atomic E-state index is 0.383. The molecule has 24 heavy (non-hydrogen) atoms. The third-order valence-corrected chi connectivity index (χ3v) is 3.93. The lowest BCUT2D eigenvalue weighted by atomic mass is 10.1. The Morgan fingerprint density at radius 3 is 2.75 bits per heavy atom. The first-order valence-electron chi connectivity index (χ1n) is 7.70. The van der Waals surface area contributed by atoms with Crippen LogP contribution in [0.4, 0.5) is 5.82 Å². The van der Waals surface area contributed by atoms with Crippen LogP contribution in [0.5, 0.6) is 0 Å². The number of aromatic nitrogens is 4. The van der Waals surface area contributed by atoms with Crippen LogP contribution in [-0.2, 0) is 4.74 Å². The first kappa shape index (κ1) is 16.8. The Morgan fingerprint density at radius 1 is 1.29 bits per heavy atom. The Morgan fingerprint density at radius 2 is 2.08 bits per heavy atom. The third-order valence-electron chi connectivity index (χ3n) is 3.93. The molecule has 0 bridgehead atoms. The molecule has 130 valence electrons. The number of ether oxygens (including phenoxy) is 1. The largest absolute Gasteiger partial charge is 0.394 e. The van der Waals surface area contributed by atoms with Gasteiger partial charge < -0.3 is 25.4 Å². The molecule has 0 spiro atoms. The van der Waals surface area contributed by atoms with Crippen molar-refractivity contribution in [2.75, 3.05) is 18.5 Å². The molecule has 0 amide bonds. The van der Waals surface area contributed by atoms with Crippen LogP contribution in [0.1, 0.15) is 20.1 Å². The van der Waals surface area contributed by atoms with Gasteiger partial charge in [0.2, 0.25) is 0 Å². The van der Waals surface area contributed by atoms with Crippen LogP contribution in [0, 0.1) is 0 Å². The van der Waals surface area contributed by atoms with Crippen molar-refractivity contribution in [3.8, 4) is 0 Å². The average Bonchev–Trinajstić information content (AvgIpc) is 3.10. The molecule has 4 N–H and O–H groups in total. The normalized spacial score (nSPS) is 26.7. The maximum atomic E-state index is 10.2. The van der Waals surface area contributed by atoms with Crippen molar-refractivity contribution in [2.45, 2.75) is 38.4 Å². The Kier molecular flexibility index (Phi) is 4.76. The van der Waals surface area contributed by atoms with Gasteiger partial charge in [-0.15, -0.1) is 0 Å². The Bertz CT molecular complexity index is 743. The van der Waals surface area contributed by atoms with Crippen LogP contribution < -0.4 is 5.32 Å². The number of fused-ring (bicyclic) bond motifs is 1. The van der Waals surface area contributed by atoms with E-state index in [1.54, 1.807) is 0 Å². The molecule has 1 aliphatic rings. The summed E-state index contributed by atoms with van der Waals surface area (Å²) in [4.78, 5) is 12.7. The molecule has 9 nitrogen and oxygen atoms in total. The van der Waals surface area contributed by atoms with Gasteiger partial charge in [0.15, 0.2) is 23.2 Å². The number of anilines is 1. The Hall–Kier alpha value is -2.07. The van der Waals surface area contributed by atoms with Crippen LogP contribution >= 0.6 is 0 Å². The summed E-state index contributed by atoms with van der Waals surface area (Å²) in [5, 5.41) is 32.4. The Balaban J connectivity index is 1.90. The van der Waals surface area contributed by atoms with E-state index in [0.717, 1.165) is 0 Å². The van der Waals surface area contributed by atoms with Gasteiger partial charge >= 0.3 is 0 Å².